The molecular weight excluding hydrogens is 212 g/mol. The number of nitrogens with zero attached hydrogens (tertiary/aromatic N) is 1. The van der Waals surface area contributed by atoms with Crippen LogP contribution in [0.25, 0.3) is 0 Å². The Morgan fingerprint density at radius 1 is 1.50 bits per heavy atom. The molecule has 0 saturated heterocycles. The second-order valence-corrected chi connectivity index (χ2v) is 2.39. The zero-order valence-electron chi connectivity index (χ0n) is 9.56. The van der Waals surface area contributed by atoms with Crippen LogP contribution in [0.5, 0.6) is 0 Å². The summed E-state index contributed by atoms with van der Waals surface area (Å²) in [6.45, 7) is 8.46. The minimum absolute atomic E-state index is 0.269. The van der Waals surface area contributed by atoms with Crippen molar-refractivity contribution in [2.75, 3.05) is 0 Å². The van der Waals surface area contributed by atoms with Crippen LogP contribution in [0.15, 0.2) is 35.7 Å². The minimum atomic E-state index is -1.29. The zero-order chi connectivity index (χ0) is 13.3. The fourth-order valence-corrected chi connectivity index (χ4v) is 0.668. The monoisotopic (exact) mass is 228 g/mol. The quantitative estimate of drug-likeness (QED) is 0.329. The minimum Gasteiger partial charge on any atom is -0.478 e. The average molecular weight is 228 g/mol. The van der Waals surface area contributed by atoms with E-state index in [0.29, 0.717) is 0 Å². The molecule has 0 aromatic rings. The standard InChI is InChI=1S/C8H10N2O4.C2H6/c1-3-4-6(10(13)14)7(9)5(2)8(11)12;1-2/h3-4H,1,9H2,2H3,(H,11,12);1-2H3/b6-4+,7-5-;. The second-order valence-electron chi connectivity index (χ2n) is 2.39. The molecule has 0 aliphatic carbocycles. The molecule has 90 valence electrons. The Morgan fingerprint density at radius 3 is 2.19 bits per heavy atom. The Balaban J connectivity index is 0. The molecule has 0 amide bonds. The Labute approximate surface area is 93.9 Å². The van der Waals surface area contributed by atoms with Crippen molar-refractivity contribution >= 4 is 5.97 Å². The van der Waals surface area contributed by atoms with Gasteiger partial charge in [-0.1, -0.05) is 26.5 Å². The number of aliphatic carboxylic acids is 1. The van der Waals surface area contributed by atoms with Gasteiger partial charge in [-0.25, -0.2) is 4.79 Å². The highest BCUT2D eigenvalue weighted by atomic mass is 16.6. The van der Waals surface area contributed by atoms with Crippen molar-refractivity contribution in [3.63, 3.8) is 0 Å². The number of nitrogens with two attached hydrogens (primary N) is 1. The van der Waals surface area contributed by atoms with E-state index in [0.717, 1.165) is 6.08 Å². The summed E-state index contributed by atoms with van der Waals surface area (Å²) in [5, 5.41) is 19.0. The summed E-state index contributed by atoms with van der Waals surface area (Å²) >= 11 is 0. The Kier molecular flexibility index (Phi) is 8.39. The molecule has 0 atom stereocenters. The number of nitro groups is 1. The fraction of sp³-hybridized carbons (Fsp3) is 0.300. The van der Waals surface area contributed by atoms with Crippen LogP contribution < -0.4 is 5.73 Å². The van der Waals surface area contributed by atoms with Gasteiger partial charge in [0.2, 0.25) is 0 Å². The molecule has 3 N–H and O–H groups in total. The van der Waals surface area contributed by atoms with E-state index >= 15 is 0 Å². The average Bonchev–Trinajstić information content (AvgIpc) is 2.26. The maximum atomic E-state index is 10.5. The highest BCUT2D eigenvalue weighted by Gasteiger charge is 2.18. The van der Waals surface area contributed by atoms with Gasteiger partial charge in [0.05, 0.1) is 10.5 Å². The van der Waals surface area contributed by atoms with Gasteiger partial charge < -0.3 is 10.8 Å². The van der Waals surface area contributed by atoms with Crippen LogP contribution in [0.2, 0.25) is 0 Å². The summed E-state index contributed by atoms with van der Waals surface area (Å²) in [6, 6.07) is 0. The first-order chi connectivity index (χ1) is 7.41. The molecule has 0 bridgehead atoms. The summed E-state index contributed by atoms with van der Waals surface area (Å²) in [5.41, 5.74) is 4.18. The van der Waals surface area contributed by atoms with Gasteiger partial charge in [0.25, 0.3) is 5.70 Å². The highest BCUT2D eigenvalue weighted by molar-refractivity contribution is 5.87. The van der Waals surface area contributed by atoms with Crippen LogP contribution in [0.4, 0.5) is 0 Å². The number of rotatable bonds is 4. The first kappa shape index (κ1) is 16.3. The predicted molar refractivity (Wildman–Crippen MR) is 61.1 cm³/mol. The Hall–Kier alpha value is -2.11. The number of carboxylic acids is 1. The molecule has 0 aromatic carbocycles. The molecule has 0 aliphatic rings. The van der Waals surface area contributed by atoms with E-state index in [1.54, 1.807) is 0 Å². The van der Waals surface area contributed by atoms with Crippen LogP contribution in [-0.2, 0) is 4.79 Å². The van der Waals surface area contributed by atoms with E-state index in [4.69, 9.17) is 10.8 Å². The molecule has 0 heterocycles. The van der Waals surface area contributed by atoms with E-state index < -0.39 is 16.6 Å². The SMILES string of the molecule is C=C/C=C(\C(N)=C(/C)C(=O)O)[N+](=O)[O-].CC. The molecule has 16 heavy (non-hydrogen) atoms. The van der Waals surface area contributed by atoms with Gasteiger partial charge >= 0.3 is 5.97 Å². The van der Waals surface area contributed by atoms with E-state index in [1.807, 2.05) is 13.8 Å². The van der Waals surface area contributed by atoms with E-state index in [1.165, 1.54) is 13.0 Å². The third-order valence-electron chi connectivity index (χ3n) is 1.47. The summed E-state index contributed by atoms with van der Waals surface area (Å²) in [5.74, 6) is -1.29. The molecule has 0 unspecified atom stereocenters. The van der Waals surface area contributed by atoms with Crippen LogP contribution >= 0.6 is 0 Å². The molecule has 0 rings (SSSR count). The van der Waals surface area contributed by atoms with Gasteiger partial charge in [-0.15, -0.1) is 0 Å². The largest absolute Gasteiger partial charge is 0.478 e. The van der Waals surface area contributed by atoms with E-state index in [9.17, 15) is 14.9 Å². The lowest BCUT2D eigenvalue weighted by Crippen LogP contribution is -2.15. The van der Waals surface area contributed by atoms with Crippen molar-refractivity contribution in [1.29, 1.82) is 0 Å². The summed E-state index contributed by atoms with van der Waals surface area (Å²) < 4.78 is 0. The van der Waals surface area contributed by atoms with Gasteiger partial charge in [0.1, 0.15) is 5.70 Å². The van der Waals surface area contributed by atoms with Crippen molar-refractivity contribution in [2.24, 2.45) is 5.73 Å². The van der Waals surface area contributed by atoms with Gasteiger partial charge in [-0.2, -0.15) is 0 Å². The van der Waals surface area contributed by atoms with Gasteiger partial charge in [0, 0.05) is 6.08 Å². The van der Waals surface area contributed by atoms with Crippen molar-refractivity contribution in [1.82, 2.24) is 0 Å². The molecule has 6 heteroatoms. The topological polar surface area (TPSA) is 106 Å². The lowest BCUT2D eigenvalue weighted by Gasteiger charge is -2.00. The molecule has 0 spiro atoms. The number of carboxylic acid groups (broad SMARTS) is 1. The number of hydrogen-bond donors (Lipinski definition) is 2. The molecule has 0 saturated carbocycles. The maximum absolute atomic E-state index is 10.5. The normalized spacial score (nSPS) is 11.8. The lowest BCUT2D eigenvalue weighted by molar-refractivity contribution is -0.421. The van der Waals surface area contributed by atoms with Crippen LogP contribution in [-0.4, -0.2) is 16.0 Å². The number of allylic oxidation sites excluding steroid dienone is 2. The van der Waals surface area contributed by atoms with Crippen LogP contribution in [0.3, 0.4) is 0 Å². The summed E-state index contributed by atoms with van der Waals surface area (Å²) in [7, 11) is 0. The van der Waals surface area contributed by atoms with Crippen molar-refractivity contribution in [3.05, 3.63) is 45.8 Å². The number of carbonyl (C=O) groups is 1. The molecular formula is C10H16N2O4. The molecule has 0 radical (unpaired) electrons. The smallest absolute Gasteiger partial charge is 0.333 e. The third kappa shape index (κ3) is 4.94. The summed E-state index contributed by atoms with van der Waals surface area (Å²) in [4.78, 5) is 20.1. The third-order valence-corrected chi connectivity index (χ3v) is 1.47. The van der Waals surface area contributed by atoms with Gasteiger partial charge in [0.15, 0.2) is 0 Å². The second kappa shape index (κ2) is 8.22. The Morgan fingerprint density at radius 2 is 1.94 bits per heavy atom. The maximum Gasteiger partial charge on any atom is 0.333 e. The highest BCUT2D eigenvalue weighted by Crippen LogP contribution is 2.10. The van der Waals surface area contributed by atoms with E-state index in [2.05, 4.69) is 6.58 Å². The zero-order valence-corrected chi connectivity index (χ0v) is 9.56. The van der Waals surface area contributed by atoms with Gasteiger partial charge in [-0.3, -0.25) is 10.1 Å². The molecule has 6 nitrogen and oxygen atoms in total. The van der Waals surface area contributed by atoms with Crippen molar-refractivity contribution in [2.45, 2.75) is 20.8 Å². The summed E-state index contributed by atoms with van der Waals surface area (Å²) in [6.07, 6.45) is 2.21. The predicted octanol–water partition coefficient (Wildman–Crippen LogP) is 1.68. The first-order valence-electron chi connectivity index (χ1n) is 4.59. The molecule has 0 aromatic heterocycles. The van der Waals surface area contributed by atoms with Gasteiger partial charge in [-0.05, 0) is 6.92 Å². The van der Waals surface area contributed by atoms with Crippen molar-refractivity contribution < 1.29 is 14.8 Å². The first-order valence-corrected chi connectivity index (χ1v) is 4.59. The molecule has 0 fully saturated rings. The Bertz CT molecular complexity index is 343. The number of hydrogen-bond acceptors (Lipinski definition) is 4. The van der Waals surface area contributed by atoms with Crippen LogP contribution in [0.1, 0.15) is 20.8 Å². The lowest BCUT2D eigenvalue weighted by atomic mass is 10.2. The van der Waals surface area contributed by atoms with Crippen molar-refractivity contribution in [3.8, 4) is 0 Å². The van der Waals surface area contributed by atoms with E-state index in [-0.39, 0.29) is 11.3 Å². The fourth-order valence-electron chi connectivity index (χ4n) is 0.668. The molecule has 0 aliphatic heterocycles. The van der Waals surface area contributed by atoms with Crippen LogP contribution in [0, 0.1) is 10.1 Å².